The van der Waals surface area contributed by atoms with Crippen molar-refractivity contribution in [1.29, 1.82) is 0 Å². The quantitative estimate of drug-likeness (QED) is 0.807. The lowest BCUT2D eigenvalue weighted by Crippen LogP contribution is -2.10. The first-order valence-corrected chi connectivity index (χ1v) is 7.78. The first kappa shape index (κ1) is 12.5. The van der Waals surface area contributed by atoms with E-state index in [1.54, 1.807) is 22.7 Å². The predicted molar refractivity (Wildman–Crippen MR) is 79.3 cm³/mol. The largest absolute Gasteiger partial charge is 0.310 e. The number of aromatic nitrogens is 3. The van der Waals surface area contributed by atoms with Gasteiger partial charge in [0, 0.05) is 16.0 Å². The second kappa shape index (κ2) is 4.86. The van der Waals surface area contributed by atoms with Gasteiger partial charge >= 0.3 is 0 Å². The van der Waals surface area contributed by atoms with Crippen molar-refractivity contribution in [3.63, 3.8) is 0 Å². The summed E-state index contributed by atoms with van der Waals surface area (Å²) in [5.41, 5.74) is 0.956. The molecule has 0 spiro atoms. The highest BCUT2D eigenvalue weighted by Crippen LogP contribution is 2.22. The molecule has 3 aromatic heterocycles. The van der Waals surface area contributed by atoms with Crippen molar-refractivity contribution in [2.75, 3.05) is 0 Å². The smallest absolute Gasteiger partial charge is 0.259 e. The number of thiazole rings is 1. The van der Waals surface area contributed by atoms with Crippen LogP contribution in [0.4, 0.5) is 0 Å². The van der Waals surface area contributed by atoms with Gasteiger partial charge in [0.05, 0.1) is 11.8 Å². The Kier molecular flexibility index (Phi) is 3.20. The standard InChI is InChI=1S/C13H13N3OS2/c1-3-8-4-9-12(17)15-10(16-13(9)19-8)5-11-14-7(2)6-18-11/h4,6H,3,5H2,1-2H3,(H,15,16,17). The van der Waals surface area contributed by atoms with E-state index in [0.717, 1.165) is 22.0 Å². The Morgan fingerprint density at radius 3 is 2.89 bits per heavy atom. The molecule has 19 heavy (non-hydrogen) atoms. The number of rotatable bonds is 3. The molecule has 0 aliphatic heterocycles. The Balaban J connectivity index is 2.02. The van der Waals surface area contributed by atoms with Gasteiger partial charge in [-0.05, 0) is 19.4 Å². The van der Waals surface area contributed by atoms with Crippen LogP contribution in [-0.4, -0.2) is 15.0 Å². The van der Waals surface area contributed by atoms with Gasteiger partial charge in [-0.3, -0.25) is 4.79 Å². The number of fused-ring (bicyclic) bond motifs is 1. The molecule has 3 heterocycles. The number of aryl methyl sites for hydroxylation is 2. The number of aromatic amines is 1. The zero-order valence-corrected chi connectivity index (χ0v) is 12.3. The molecule has 4 nitrogen and oxygen atoms in total. The van der Waals surface area contributed by atoms with E-state index in [2.05, 4.69) is 21.9 Å². The van der Waals surface area contributed by atoms with Crippen LogP contribution in [0.25, 0.3) is 10.2 Å². The third kappa shape index (κ3) is 2.46. The van der Waals surface area contributed by atoms with E-state index in [1.165, 1.54) is 4.88 Å². The monoisotopic (exact) mass is 291 g/mol. The molecule has 0 fully saturated rings. The van der Waals surface area contributed by atoms with Crippen LogP contribution < -0.4 is 5.56 Å². The zero-order valence-electron chi connectivity index (χ0n) is 10.7. The Labute approximate surface area is 118 Å². The molecule has 0 saturated carbocycles. The summed E-state index contributed by atoms with van der Waals surface area (Å²) in [6, 6.07) is 1.93. The minimum absolute atomic E-state index is 0.0516. The highest BCUT2D eigenvalue weighted by Gasteiger charge is 2.09. The fraction of sp³-hybridized carbons (Fsp3) is 0.308. The van der Waals surface area contributed by atoms with Gasteiger partial charge in [0.25, 0.3) is 5.56 Å². The van der Waals surface area contributed by atoms with Gasteiger partial charge in [-0.2, -0.15) is 0 Å². The third-order valence-corrected chi connectivity index (χ3v) is 4.98. The molecular formula is C13H13N3OS2. The van der Waals surface area contributed by atoms with Crippen LogP contribution in [0.3, 0.4) is 0 Å². The summed E-state index contributed by atoms with van der Waals surface area (Å²) in [7, 11) is 0. The SMILES string of the molecule is CCc1cc2c(=O)[nH]c(Cc3nc(C)cs3)nc2s1. The van der Waals surface area contributed by atoms with Crippen molar-refractivity contribution >= 4 is 32.9 Å². The van der Waals surface area contributed by atoms with E-state index in [9.17, 15) is 4.79 Å². The summed E-state index contributed by atoms with van der Waals surface area (Å²) >= 11 is 3.19. The maximum atomic E-state index is 12.0. The zero-order chi connectivity index (χ0) is 13.4. The van der Waals surface area contributed by atoms with Crippen LogP contribution >= 0.6 is 22.7 Å². The molecule has 0 aromatic carbocycles. The maximum absolute atomic E-state index is 12.0. The van der Waals surface area contributed by atoms with Crippen LogP contribution in [0.5, 0.6) is 0 Å². The van der Waals surface area contributed by atoms with Gasteiger partial charge < -0.3 is 4.98 Å². The second-order valence-electron chi connectivity index (χ2n) is 4.36. The molecule has 98 valence electrons. The third-order valence-electron chi connectivity index (χ3n) is 2.84. The topological polar surface area (TPSA) is 58.6 Å². The molecule has 0 aliphatic rings. The molecule has 6 heteroatoms. The second-order valence-corrected chi connectivity index (χ2v) is 6.41. The summed E-state index contributed by atoms with van der Waals surface area (Å²) in [6.45, 7) is 4.05. The number of hydrogen-bond acceptors (Lipinski definition) is 5. The summed E-state index contributed by atoms with van der Waals surface area (Å²) in [4.78, 5) is 25.8. The Morgan fingerprint density at radius 1 is 1.37 bits per heavy atom. The van der Waals surface area contributed by atoms with E-state index in [-0.39, 0.29) is 5.56 Å². The summed E-state index contributed by atoms with van der Waals surface area (Å²) in [5, 5.41) is 3.68. The number of nitrogens with zero attached hydrogens (tertiary/aromatic N) is 2. The fourth-order valence-electron chi connectivity index (χ4n) is 1.91. The van der Waals surface area contributed by atoms with Crippen LogP contribution in [-0.2, 0) is 12.8 Å². The van der Waals surface area contributed by atoms with Crippen LogP contribution in [0, 0.1) is 6.92 Å². The molecule has 0 atom stereocenters. The molecule has 1 N–H and O–H groups in total. The molecule has 3 aromatic rings. The molecular weight excluding hydrogens is 278 g/mol. The van der Waals surface area contributed by atoms with Gasteiger partial charge in [0.1, 0.15) is 15.7 Å². The number of H-pyrrole nitrogens is 1. The van der Waals surface area contributed by atoms with Crippen molar-refractivity contribution in [1.82, 2.24) is 15.0 Å². The summed E-state index contributed by atoms with van der Waals surface area (Å²) in [6.07, 6.45) is 1.52. The van der Waals surface area contributed by atoms with Crippen LogP contribution in [0.1, 0.15) is 28.3 Å². The van der Waals surface area contributed by atoms with Gasteiger partial charge in [-0.15, -0.1) is 22.7 Å². The highest BCUT2D eigenvalue weighted by molar-refractivity contribution is 7.18. The number of nitrogens with one attached hydrogen (secondary N) is 1. The van der Waals surface area contributed by atoms with E-state index < -0.39 is 0 Å². The van der Waals surface area contributed by atoms with Gasteiger partial charge in [-0.1, -0.05) is 6.92 Å². The molecule has 3 rings (SSSR count). The number of hydrogen-bond donors (Lipinski definition) is 1. The van der Waals surface area contributed by atoms with Crippen molar-refractivity contribution in [3.8, 4) is 0 Å². The average Bonchev–Trinajstić information content (AvgIpc) is 2.96. The summed E-state index contributed by atoms with van der Waals surface area (Å²) < 4.78 is 0. The lowest BCUT2D eigenvalue weighted by Gasteiger charge is -1.97. The Morgan fingerprint density at radius 2 is 2.21 bits per heavy atom. The Hall–Kier alpha value is -1.53. The minimum atomic E-state index is -0.0516. The average molecular weight is 291 g/mol. The molecule has 0 saturated heterocycles. The lowest BCUT2D eigenvalue weighted by atomic mass is 10.3. The van der Waals surface area contributed by atoms with E-state index in [1.807, 2.05) is 18.4 Å². The van der Waals surface area contributed by atoms with Crippen molar-refractivity contribution in [3.05, 3.63) is 43.2 Å². The van der Waals surface area contributed by atoms with Gasteiger partial charge in [0.2, 0.25) is 0 Å². The normalized spacial score (nSPS) is 11.3. The van der Waals surface area contributed by atoms with E-state index >= 15 is 0 Å². The van der Waals surface area contributed by atoms with Crippen molar-refractivity contribution in [2.45, 2.75) is 26.7 Å². The first-order chi connectivity index (χ1) is 9.15. The fourth-order valence-corrected chi connectivity index (χ4v) is 3.67. The highest BCUT2D eigenvalue weighted by atomic mass is 32.1. The Bertz CT molecular complexity index is 785. The molecule has 0 unspecified atom stereocenters. The van der Waals surface area contributed by atoms with E-state index in [4.69, 9.17) is 0 Å². The van der Waals surface area contributed by atoms with Crippen LogP contribution in [0.15, 0.2) is 16.2 Å². The van der Waals surface area contributed by atoms with Gasteiger partial charge in [-0.25, -0.2) is 9.97 Å². The van der Waals surface area contributed by atoms with Crippen molar-refractivity contribution < 1.29 is 0 Å². The molecule has 0 radical (unpaired) electrons. The predicted octanol–water partition coefficient (Wildman–Crippen LogP) is 2.90. The molecule has 0 amide bonds. The molecule has 0 bridgehead atoms. The lowest BCUT2D eigenvalue weighted by molar-refractivity contribution is 0.960. The number of thiophene rings is 1. The summed E-state index contributed by atoms with van der Waals surface area (Å²) in [5.74, 6) is 0.691. The maximum Gasteiger partial charge on any atom is 0.259 e. The van der Waals surface area contributed by atoms with Crippen LogP contribution in [0.2, 0.25) is 0 Å². The van der Waals surface area contributed by atoms with Crippen molar-refractivity contribution in [2.24, 2.45) is 0 Å². The first-order valence-electron chi connectivity index (χ1n) is 6.08. The van der Waals surface area contributed by atoms with Gasteiger partial charge in [0.15, 0.2) is 0 Å². The molecule has 0 aliphatic carbocycles. The van der Waals surface area contributed by atoms with E-state index in [0.29, 0.717) is 17.6 Å². The minimum Gasteiger partial charge on any atom is -0.310 e.